The lowest BCUT2D eigenvalue weighted by Gasteiger charge is -2.16. The first-order valence-electron chi connectivity index (χ1n) is 7.41. The lowest BCUT2D eigenvalue weighted by Crippen LogP contribution is -2.36. The largest absolute Gasteiger partial charge is 0.351 e. The average molecular weight is 348 g/mol. The zero-order chi connectivity index (χ0) is 15.1. The van der Waals surface area contributed by atoms with Gasteiger partial charge in [-0.05, 0) is 12.8 Å². The van der Waals surface area contributed by atoms with Crippen molar-refractivity contribution in [1.82, 2.24) is 10.6 Å². The minimum Gasteiger partial charge on any atom is -0.351 e. The number of nitrogens with one attached hydrogen (secondary N) is 2. The van der Waals surface area contributed by atoms with Gasteiger partial charge in [0.25, 0.3) is 5.91 Å². The molecule has 0 unspecified atom stereocenters. The zero-order valence-electron chi connectivity index (χ0n) is 12.4. The molecule has 1 aliphatic rings. The number of nitro groups is 1. The van der Waals surface area contributed by atoms with Crippen LogP contribution in [-0.2, 0) is 0 Å². The molecule has 8 heteroatoms. The van der Waals surface area contributed by atoms with Crippen LogP contribution in [-0.4, -0.2) is 30.0 Å². The highest BCUT2D eigenvalue weighted by molar-refractivity contribution is 7.13. The summed E-state index contributed by atoms with van der Waals surface area (Å²) >= 11 is 0.975. The number of halogens is 1. The summed E-state index contributed by atoms with van der Waals surface area (Å²) in [5.41, 5.74) is 0.362. The van der Waals surface area contributed by atoms with Crippen LogP contribution >= 0.6 is 23.7 Å². The normalized spacial score (nSPS) is 15.6. The van der Waals surface area contributed by atoms with Crippen molar-refractivity contribution >= 4 is 34.7 Å². The van der Waals surface area contributed by atoms with Crippen LogP contribution in [0.2, 0.25) is 0 Å². The van der Waals surface area contributed by atoms with E-state index < -0.39 is 4.92 Å². The number of hydrogen-bond donors (Lipinski definition) is 2. The minimum absolute atomic E-state index is 0. The maximum Gasteiger partial charge on any atom is 0.324 e. The Kier molecular flexibility index (Phi) is 8.37. The van der Waals surface area contributed by atoms with Gasteiger partial charge in [-0.15, -0.1) is 12.4 Å². The fraction of sp³-hybridized carbons (Fsp3) is 0.643. The average Bonchev–Trinajstić information content (AvgIpc) is 2.82. The third kappa shape index (κ3) is 5.90. The lowest BCUT2D eigenvalue weighted by molar-refractivity contribution is -0.380. The Hall–Kier alpha value is -1.18. The zero-order valence-corrected chi connectivity index (χ0v) is 14.0. The standard InChI is InChI=1S/C14H21N3O3S.ClH/c18-14(11-9-13(17(19)20)21-10-11)16-8-7-15-12-5-3-1-2-4-6-12;/h9-10,12,15H,1-8H2,(H,16,18);1H. The van der Waals surface area contributed by atoms with Crippen molar-refractivity contribution in [1.29, 1.82) is 0 Å². The molecule has 1 fully saturated rings. The van der Waals surface area contributed by atoms with Gasteiger partial charge in [0, 0.05) is 30.6 Å². The Labute approximate surface area is 140 Å². The molecule has 0 spiro atoms. The van der Waals surface area contributed by atoms with Gasteiger partial charge in [-0.2, -0.15) is 0 Å². The van der Waals surface area contributed by atoms with Gasteiger partial charge in [-0.3, -0.25) is 14.9 Å². The molecular weight excluding hydrogens is 326 g/mol. The van der Waals surface area contributed by atoms with Crippen LogP contribution in [0.3, 0.4) is 0 Å². The first kappa shape index (κ1) is 18.9. The van der Waals surface area contributed by atoms with Crippen LogP contribution in [0.15, 0.2) is 11.4 Å². The highest BCUT2D eigenvalue weighted by Crippen LogP contribution is 2.22. The first-order chi connectivity index (χ1) is 10.2. The van der Waals surface area contributed by atoms with Crippen LogP contribution in [0.5, 0.6) is 0 Å². The van der Waals surface area contributed by atoms with Crippen molar-refractivity contribution in [2.45, 2.75) is 44.6 Å². The van der Waals surface area contributed by atoms with Gasteiger partial charge in [0.1, 0.15) is 0 Å². The molecule has 1 amide bonds. The van der Waals surface area contributed by atoms with E-state index in [0.717, 1.165) is 17.9 Å². The molecule has 22 heavy (non-hydrogen) atoms. The van der Waals surface area contributed by atoms with Gasteiger partial charge in [0.05, 0.1) is 10.5 Å². The quantitative estimate of drug-likeness (QED) is 0.358. The summed E-state index contributed by atoms with van der Waals surface area (Å²) < 4.78 is 0. The van der Waals surface area contributed by atoms with Crippen molar-refractivity contribution < 1.29 is 9.72 Å². The maximum atomic E-state index is 11.8. The maximum absolute atomic E-state index is 11.8. The van der Waals surface area contributed by atoms with Gasteiger partial charge < -0.3 is 10.6 Å². The summed E-state index contributed by atoms with van der Waals surface area (Å²) in [4.78, 5) is 21.9. The molecule has 0 radical (unpaired) electrons. The van der Waals surface area contributed by atoms with Crippen LogP contribution in [0, 0.1) is 10.1 Å². The SMILES string of the molecule is Cl.O=C(NCCNC1CCCCCC1)c1csc([N+](=O)[O-])c1. The third-order valence-electron chi connectivity index (χ3n) is 3.73. The van der Waals surface area contributed by atoms with E-state index in [2.05, 4.69) is 10.6 Å². The highest BCUT2D eigenvalue weighted by Gasteiger charge is 2.15. The number of thiophene rings is 1. The molecule has 2 N–H and O–H groups in total. The number of carbonyl (C=O) groups excluding carboxylic acids is 1. The first-order valence-corrected chi connectivity index (χ1v) is 8.29. The molecule has 1 aliphatic carbocycles. The summed E-state index contributed by atoms with van der Waals surface area (Å²) in [7, 11) is 0. The topological polar surface area (TPSA) is 84.3 Å². The minimum atomic E-state index is -0.477. The summed E-state index contributed by atoms with van der Waals surface area (Å²) in [5.74, 6) is -0.248. The smallest absolute Gasteiger partial charge is 0.324 e. The molecular formula is C14H22ClN3O3S. The second kappa shape index (κ2) is 9.76. The van der Waals surface area contributed by atoms with Gasteiger partial charge >= 0.3 is 5.00 Å². The van der Waals surface area contributed by atoms with Crippen molar-refractivity contribution in [3.05, 3.63) is 27.1 Å². The highest BCUT2D eigenvalue weighted by atomic mass is 35.5. The summed E-state index contributed by atoms with van der Waals surface area (Å²) in [6.45, 7) is 1.28. The lowest BCUT2D eigenvalue weighted by atomic mass is 10.1. The van der Waals surface area contributed by atoms with Gasteiger partial charge in [0.2, 0.25) is 0 Å². The molecule has 6 nitrogen and oxygen atoms in total. The fourth-order valence-electron chi connectivity index (χ4n) is 2.58. The van der Waals surface area contributed by atoms with Crippen molar-refractivity contribution in [2.75, 3.05) is 13.1 Å². The van der Waals surface area contributed by atoms with Crippen LogP contribution in [0.1, 0.15) is 48.9 Å². The molecule has 1 aromatic rings. The number of carbonyl (C=O) groups is 1. The summed E-state index contributed by atoms with van der Waals surface area (Å²) in [6, 6.07) is 1.88. The second-order valence-electron chi connectivity index (χ2n) is 5.33. The molecule has 1 aromatic heterocycles. The van der Waals surface area contributed by atoms with Crippen LogP contribution in [0.4, 0.5) is 5.00 Å². The molecule has 1 heterocycles. The Morgan fingerprint density at radius 3 is 2.55 bits per heavy atom. The second-order valence-corrected chi connectivity index (χ2v) is 6.22. The molecule has 0 aliphatic heterocycles. The van der Waals surface area contributed by atoms with E-state index in [1.165, 1.54) is 50.0 Å². The number of hydrogen-bond acceptors (Lipinski definition) is 5. The molecule has 1 saturated carbocycles. The number of rotatable bonds is 6. The predicted molar refractivity (Wildman–Crippen MR) is 90.0 cm³/mol. The van der Waals surface area contributed by atoms with Gasteiger partial charge in [-0.1, -0.05) is 37.0 Å². The Morgan fingerprint density at radius 1 is 1.27 bits per heavy atom. The van der Waals surface area contributed by atoms with Crippen molar-refractivity contribution in [3.8, 4) is 0 Å². The monoisotopic (exact) mass is 347 g/mol. The van der Waals surface area contributed by atoms with E-state index in [1.54, 1.807) is 0 Å². The fourth-order valence-corrected chi connectivity index (χ4v) is 3.28. The Balaban J connectivity index is 0.00000242. The van der Waals surface area contributed by atoms with Crippen LogP contribution < -0.4 is 10.6 Å². The molecule has 124 valence electrons. The predicted octanol–water partition coefficient (Wildman–Crippen LogP) is 3.12. The van der Waals surface area contributed by atoms with E-state index in [4.69, 9.17) is 0 Å². The molecule has 0 bridgehead atoms. The van der Waals surface area contributed by atoms with E-state index in [9.17, 15) is 14.9 Å². The van der Waals surface area contributed by atoms with Crippen molar-refractivity contribution in [2.24, 2.45) is 0 Å². The van der Waals surface area contributed by atoms with E-state index in [1.807, 2.05) is 0 Å². The summed E-state index contributed by atoms with van der Waals surface area (Å²) in [5, 5.41) is 18.4. The summed E-state index contributed by atoms with van der Waals surface area (Å²) in [6.07, 6.45) is 7.64. The van der Waals surface area contributed by atoms with Gasteiger partial charge in [0.15, 0.2) is 0 Å². The van der Waals surface area contributed by atoms with Crippen molar-refractivity contribution in [3.63, 3.8) is 0 Å². The molecule has 0 aromatic carbocycles. The molecule has 0 saturated heterocycles. The van der Waals surface area contributed by atoms with E-state index in [0.29, 0.717) is 18.2 Å². The Morgan fingerprint density at radius 2 is 1.95 bits per heavy atom. The Bertz CT molecular complexity index is 487. The van der Waals surface area contributed by atoms with Gasteiger partial charge in [-0.25, -0.2) is 0 Å². The van der Waals surface area contributed by atoms with Crippen LogP contribution in [0.25, 0.3) is 0 Å². The van der Waals surface area contributed by atoms with E-state index >= 15 is 0 Å². The molecule has 0 atom stereocenters. The number of amides is 1. The third-order valence-corrected chi connectivity index (χ3v) is 4.61. The van der Waals surface area contributed by atoms with E-state index in [-0.39, 0.29) is 23.3 Å². The number of nitrogens with zero attached hydrogens (tertiary/aromatic N) is 1. The molecule has 2 rings (SSSR count).